The van der Waals surface area contributed by atoms with Gasteiger partial charge in [0.1, 0.15) is 12.7 Å². The molecule has 0 radical (unpaired) electrons. The second kappa shape index (κ2) is 7.73. The summed E-state index contributed by atoms with van der Waals surface area (Å²) in [5, 5.41) is 7.48. The van der Waals surface area contributed by atoms with Crippen LogP contribution in [-0.2, 0) is 11.8 Å². The molecule has 3 aromatic heterocycles. The van der Waals surface area contributed by atoms with Gasteiger partial charge in [-0.1, -0.05) is 0 Å². The number of hydrogen-bond acceptors (Lipinski definition) is 7. The van der Waals surface area contributed by atoms with E-state index in [1.54, 1.807) is 23.3 Å². The SMILES string of the molecule is Cl.Cn1cc(-c2cc3nccnc3c(OC[C@H]3CNCCO3)n2)cn1. The van der Waals surface area contributed by atoms with E-state index in [4.69, 9.17) is 9.47 Å². The van der Waals surface area contributed by atoms with Gasteiger partial charge in [-0.05, 0) is 6.07 Å². The normalized spacial score (nSPS) is 17.2. The van der Waals surface area contributed by atoms with Crippen LogP contribution in [0.1, 0.15) is 0 Å². The number of halogens is 1. The number of morpholine rings is 1. The molecule has 4 heterocycles. The molecule has 1 fully saturated rings. The number of rotatable bonds is 4. The lowest BCUT2D eigenvalue weighted by Gasteiger charge is -2.23. The molecule has 0 unspecified atom stereocenters. The average Bonchev–Trinajstić information content (AvgIpc) is 3.07. The summed E-state index contributed by atoms with van der Waals surface area (Å²) in [6.45, 7) is 2.76. The summed E-state index contributed by atoms with van der Waals surface area (Å²) in [7, 11) is 1.87. The number of aromatic nitrogens is 5. The molecule has 0 spiro atoms. The van der Waals surface area contributed by atoms with Crippen molar-refractivity contribution in [2.24, 2.45) is 7.05 Å². The van der Waals surface area contributed by atoms with Gasteiger partial charge < -0.3 is 14.8 Å². The second-order valence-corrected chi connectivity index (χ2v) is 5.65. The third kappa shape index (κ3) is 3.87. The monoisotopic (exact) mass is 362 g/mol. The van der Waals surface area contributed by atoms with E-state index in [1.165, 1.54) is 0 Å². The minimum atomic E-state index is 0. The van der Waals surface area contributed by atoms with Crippen molar-refractivity contribution in [3.63, 3.8) is 0 Å². The summed E-state index contributed by atoms with van der Waals surface area (Å²) in [6.07, 6.45) is 6.98. The zero-order valence-electron chi connectivity index (χ0n) is 13.8. The molecule has 4 rings (SSSR count). The van der Waals surface area contributed by atoms with Crippen molar-refractivity contribution < 1.29 is 9.47 Å². The highest BCUT2D eigenvalue weighted by atomic mass is 35.5. The van der Waals surface area contributed by atoms with Crippen molar-refractivity contribution >= 4 is 23.4 Å². The Morgan fingerprint density at radius 3 is 3.00 bits per heavy atom. The van der Waals surface area contributed by atoms with Crippen LogP contribution in [0, 0.1) is 0 Å². The molecular formula is C16H19ClN6O2. The van der Waals surface area contributed by atoms with Crippen molar-refractivity contribution in [1.82, 2.24) is 30.0 Å². The fraction of sp³-hybridized carbons (Fsp3) is 0.375. The molecule has 3 aromatic rings. The van der Waals surface area contributed by atoms with Crippen LogP contribution in [0.25, 0.3) is 22.3 Å². The highest BCUT2D eigenvalue weighted by molar-refractivity contribution is 5.85. The first kappa shape index (κ1) is 17.5. The number of fused-ring (bicyclic) bond motifs is 1. The lowest BCUT2D eigenvalue weighted by Crippen LogP contribution is -2.41. The van der Waals surface area contributed by atoms with Crippen LogP contribution >= 0.6 is 12.4 Å². The van der Waals surface area contributed by atoms with Crippen LogP contribution in [0.4, 0.5) is 0 Å². The molecule has 0 aliphatic carbocycles. The molecule has 0 amide bonds. The summed E-state index contributed by atoms with van der Waals surface area (Å²) in [4.78, 5) is 13.3. The van der Waals surface area contributed by atoms with Crippen molar-refractivity contribution in [1.29, 1.82) is 0 Å². The highest BCUT2D eigenvalue weighted by Gasteiger charge is 2.17. The molecule has 0 bridgehead atoms. The molecule has 1 aliphatic rings. The van der Waals surface area contributed by atoms with E-state index < -0.39 is 0 Å². The van der Waals surface area contributed by atoms with E-state index in [0.29, 0.717) is 24.6 Å². The number of aryl methyl sites for hydroxylation is 1. The Hall–Kier alpha value is -2.29. The van der Waals surface area contributed by atoms with Crippen LogP contribution in [-0.4, -0.2) is 57.1 Å². The molecule has 132 valence electrons. The van der Waals surface area contributed by atoms with Gasteiger partial charge in [-0.15, -0.1) is 12.4 Å². The molecule has 9 heteroatoms. The van der Waals surface area contributed by atoms with Crippen molar-refractivity contribution in [2.45, 2.75) is 6.10 Å². The molecule has 0 saturated carbocycles. The van der Waals surface area contributed by atoms with Crippen LogP contribution in [0.5, 0.6) is 5.88 Å². The largest absolute Gasteiger partial charge is 0.473 e. The fourth-order valence-electron chi connectivity index (χ4n) is 2.64. The topological polar surface area (TPSA) is 87.0 Å². The zero-order chi connectivity index (χ0) is 16.4. The maximum Gasteiger partial charge on any atom is 0.242 e. The van der Waals surface area contributed by atoms with E-state index >= 15 is 0 Å². The van der Waals surface area contributed by atoms with Crippen LogP contribution in [0.15, 0.2) is 30.9 Å². The van der Waals surface area contributed by atoms with Gasteiger partial charge in [0, 0.05) is 44.3 Å². The first-order chi connectivity index (χ1) is 11.8. The van der Waals surface area contributed by atoms with E-state index in [2.05, 4.69) is 25.4 Å². The van der Waals surface area contributed by atoms with Gasteiger partial charge in [0.25, 0.3) is 0 Å². The fourth-order valence-corrected chi connectivity index (χ4v) is 2.64. The van der Waals surface area contributed by atoms with Crippen molar-refractivity contribution in [2.75, 3.05) is 26.3 Å². The predicted molar refractivity (Wildman–Crippen MR) is 94.9 cm³/mol. The summed E-state index contributed by atoms with van der Waals surface area (Å²) in [6, 6.07) is 1.89. The summed E-state index contributed by atoms with van der Waals surface area (Å²) in [5.41, 5.74) is 3.05. The average molecular weight is 363 g/mol. The maximum atomic E-state index is 5.92. The minimum absolute atomic E-state index is 0. The lowest BCUT2D eigenvalue weighted by atomic mass is 10.2. The first-order valence-electron chi connectivity index (χ1n) is 7.85. The lowest BCUT2D eigenvalue weighted by molar-refractivity contribution is -0.000407. The van der Waals surface area contributed by atoms with Crippen LogP contribution < -0.4 is 10.1 Å². The van der Waals surface area contributed by atoms with E-state index in [0.717, 1.165) is 29.9 Å². The standard InChI is InChI=1S/C16H18N6O2.ClH/c1-22-9-11(7-20-22)13-6-14-15(19-3-2-18-14)16(21-13)24-10-12-8-17-4-5-23-12;/h2-3,6-7,9,12,17H,4-5,8,10H2,1H3;1H/t12-;/m1./s1. The molecule has 0 aromatic carbocycles. The molecule has 8 nitrogen and oxygen atoms in total. The summed E-state index contributed by atoms with van der Waals surface area (Å²) >= 11 is 0. The van der Waals surface area contributed by atoms with Gasteiger partial charge in [0.2, 0.25) is 5.88 Å². The van der Waals surface area contributed by atoms with Gasteiger partial charge in [-0.3, -0.25) is 9.67 Å². The van der Waals surface area contributed by atoms with Gasteiger partial charge in [-0.2, -0.15) is 5.10 Å². The van der Waals surface area contributed by atoms with Gasteiger partial charge in [-0.25, -0.2) is 9.97 Å². The molecule has 1 saturated heterocycles. The summed E-state index contributed by atoms with van der Waals surface area (Å²) in [5.74, 6) is 0.466. The first-order valence-corrected chi connectivity index (χ1v) is 7.85. The van der Waals surface area contributed by atoms with Gasteiger partial charge in [0.05, 0.1) is 24.0 Å². The maximum absolute atomic E-state index is 5.92. The minimum Gasteiger partial charge on any atom is -0.473 e. The van der Waals surface area contributed by atoms with Crippen LogP contribution in [0.3, 0.4) is 0 Å². The number of nitrogens with one attached hydrogen (secondary N) is 1. The Bertz CT molecular complexity index is 850. The second-order valence-electron chi connectivity index (χ2n) is 5.65. The quantitative estimate of drug-likeness (QED) is 0.746. The Morgan fingerprint density at radius 1 is 1.36 bits per heavy atom. The van der Waals surface area contributed by atoms with E-state index in [9.17, 15) is 0 Å². The third-order valence-corrected chi connectivity index (χ3v) is 3.84. The number of hydrogen-bond donors (Lipinski definition) is 1. The third-order valence-electron chi connectivity index (χ3n) is 3.84. The Labute approximate surface area is 151 Å². The Balaban J connectivity index is 0.00000182. The smallest absolute Gasteiger partial charge is 0.242 e. The molecular weight excluding hydrogens is 344 g/mol. The molecule has 1 atom stereocenters. The number of pyridine rings is 1. The van der Waals surface area contributed by atoms with Crippen molar-refractivity contribution in [3.05, 3.63) is 30.9 Å². The number of ether oxygens (including phenoxy) is 2. The predicted octanol–water partition coefficient (Wildman–Crippen LogP) is 1.21. The van der Waals surface area contributed by atoms with Gasteiger partial charge in [0.15, 0.2) is 5.52 Å². The highest BCUT2D eigenvalue weighted by Crippen LogP contribution is 2.26. The van der Waals surface area contributed by atoms with Gasteiger partial charge >= 0.3 is 0 Å². The zero-order valence-corrected chi connectivity index (χ0v) is 14.6. The Morgan fingerprint density at radius 2 is 2.24 bits per heavy atom. The summed E-state index contributed by atoms with van der Waals surface area (Å²) < 4.78 is 13.3. The molecule has 1 aliphatic heterocycles. The number of nitrogens with zero attached hydrogens (tertiary/aromatic N) is 5. The van der Waals surface area contributed by atoms with Crippen LogP contribution in [0.2, 0.25) is 0 Å². The van der Waals surface area contributed by atoms with E-state index in [-0.39, 0.29) is 18.5 Å². The van der Waals surface area contributed by atoms with Crippen molar-refractivity contribution in [3.8, 4) is 17.1 Å². The van der Waals surface area contributed by atoms with E-state index in [1.807, 2.05) is 19.3 Å². The Kier molecular flexibility index (Phi) is 5.42. The molecule has 1 N–H and O–H groups in total. The molecule has 25 heavy (non-hydrogen) atoms.